The van der Waals surface area contributed by atoms with Crippen LogP contribution in [0.2, 0.25) is 0 Å². The maximum Gasteiger partial charge on any atom is 0.174 e. The van der Waals surface area contributed by atoms with E-state index in [1.807, 2.05) is 30.3 Å². The van der Waals surface area contributed by atoms with E-state index in [1.54, 1.807) is 18.2 Å². The van der Waals surface area contributed by atoms with Crippen LogP contribution in [0, 0.1) is 5.92 Å². The van der Waals surface area contributed by atoms with Gasteiger partial charge in [0.25, 0.3) is 0 Å². The van der Waals surface area contributed by atoms with Crippen molar-refractivity contribution in [2.45, 2.75) is 6.42 Å². The third kappa shape index (κ3) is 2.04. The summed E-state index contributed by atoms with van der Waals surface area (Å²) in [5.41, 5.74) is 2.22. The summed E-state index contributed by atoms with van der Waals surface area (Å²) in [4.78, 5) is 24.7. The van der Waals surface area contributed by atoms with Crippen molar-refractivity contribution in [3.05, 3.63) is 69.7 Å². The Hall–Kier alpha value is -1.74. The van der Waals surface area contributed by atoms with Gasteiger partial charge in [0.1, 0.15) is 0 Å². The topological polar surface area (TPSA) is 34.1 Å². The van der Waals surface area contributed by atoms with Crippen molar-refractivity contribution in [2.75, 3.05) is 0 Å². The molecule has 0 saturated carbocycles. The predicted octanol–water partition coefficient (Wildman–Crippen LogP) is 3.69. The number of ketones is 2. The Bertz CT molecular complexity index is 662. The van der Waals surface area contributed by atoms with Gasteiger partial charge in [-0.25, -0.2) is 0 Å². The number of Topliss-reactive ketones (excluding diaryl/α,β-unsaturated/α-hetero) is 2. The minimum atomic E-state index is -0.573. The van der Waals surface area contributed by atoms with Crippen LogP contribution in [-0.2, 0) is 6.42 Å². The lowest BCUT2D eigenvalue weighted by Crippen LogP contribution is -2.20. The number of carbonyl (C=O) groups excluding carboxylic acids is 2. The quantitative estimate of drug-likeness (QED) is 0.626. The second-order valence-electron chi connectivity index (χ2n) is 4.62. The molecule has 0 N–H and O–H groups in total. The fourth-order valence-corrected chi connectivity index (χ4v) is 3.02. The number of halogens is 1. The van der Waals surface area contributed by atoms with Crippen molar-refractivity contribution >= 4 is 27.5 Å². The van der Waals surface area contributed by atoms with Crippen molar-refractivity contribution in [2.24, 2.45) is 5.92 Å². The summed E-state index contributed by atoms with van der Waals surface area (Å²) in [5.74, 6) is -0.727. The number of rotatable bonds is 2. The van der Waals surface area contributed by atoms with Crippen LogP contribution >= 0.6 is 15.9 Å². The third-order valence-electron chi connectivity index (χ3n) is 3.48. The van der Waals surface area contributed by atoms with Crippen LogP contribution in [0.3, 0.4) is 0 Å². The molecule has 3 heteroatoms. The van der Waals surface area contributed by atoms with Crippen molar-refractivity contribution in [3.8, 4) is 0 Å². The Morgan fingerprint density at radius 1 is 1.05 bits per heavy atom. The molecule has 0 aromatic heterocycles. The minimum Gasteiger partial charge on any atom is -0.293 e. The predicted molar refractivity (Wildman–Crippen MR) is 76.4 cm³/mol. The van der Waals surface area contributed by atoms with E-state index in [2.05, 4.69) is 15.9 Å². The van der Waals surface area contributed by atoms with Crippen molar-refractivity contribution in [3.63, 3.8) is 0 Å². The molecule has 0 radical (unpaired) electrons. The summed E-state index contributed by atoms with van der Waals surface area (Å²) in [6, 6.07) is 14.5. The molecular formula is C16H11BrO2. The molecule has 2 aromatic carbocycles. The van der Waals surface area contributed by atoms with Gasteiger partial charge in [0.2, 0.25) is 0 Å². The van der Waals surface area contributed by atoms with E-state index >= 15 is 0 Å². The highest BCUT2D eigenvalue weighted by atomic mass is 79.9. The molecule has 3 rings (SSSR count). The largest absolute Gasteiger partial charge is 0.293 e. The minimum absolute atomic E-state index is 0.0647. The highest BCUT2D eigenvalue weighted by Crippen LogP contribution is 2.33. The van der Waals surface area contributed by atoms with E-state index in [9.17, 15) is 9.59 Å². The third-order valence-corrected chi connectivity index (χ3v) is 4.23. The molecule has 0 heterocycles. The van der Waals surface area contributed by atoms with Gasteiger partial charge < -0.3 is 0 Å². The average molecular weight is 315 g/mol. The summed E-state index contributed by atoms with van der Waals surface area (Å²) in [6.07, 6.45) is 0.489. The molecule has 19 heavy (non-hydrogen) atoms. The van der Waals surface area contributed by atoms with Gasteiger partial charge in [-0.15, -0.1) is 0 Å². The van der Waals surface area contributed by atoms with E-state index in [0.29, 0.717) is 17.5 Å². The number of carbonyl (C=O) groups is 2. The molecule has 1 unspecified atom stereocenters. The Morgan fingerprint density at radius 2 is 1.79 bits per heavy atom. The maximum atomic E-state index is 12.4. The summed E-state index contributed by atoms with van der Waals surface area (Å²) in [5, 5.41) is 0. The number of benzene rings is 2. The molecule has 1 atom stereocenters. The Kier molecular flexibility index (Phi) is 3.07. The van der Waals surface area contributed by atoms with Gasteiger partial charge in [0, 0.05) is 15.6 Å². The number of hydrogen-bond acceptors (Lipinski definition) is 2. The van der Waals surface area contributed by atoms with Gasteiger partial charge in [0.15, 0.2) is 11.6 Å². The normalized spacial score (nSPS) is 17.3. The molecular weight excluding hydrogens is 304 g/mol. The second-order valence-corrected chi connectivity index (χ2v) is 5.47. The second kappa shape index (κ2) is 4.74. The van der Waals surface area contributed by atoms with Crippen LogP contribution in [0.25, 0.3) is 0 Å². The first-order valence-electron chi connectivity index (χ1n) is 6.09. The standard InChI is InChI=1S/C16H11BrO2/c17-14-8-4-7-11-12(14)9-13(16(11)19)15(18)10-5-2-1-3-6-10/h1-8,13H,9H2. The Morgan fingerprint density at radius 3 is 2.47 bits per heavy atom. The highest BCUT2D eigenvalue weighted by Gasteiger charge is 2.36. The first-order chi connectivity index (χ1) is 9.18. The summed E-state index contributed by atoms with van der Waals surface area (Å²) in [7, 11) is 0. The highest BCUT2D eigenvalue weighted by molar-refractivity contribution is 9.10. The Labute approximate surface area is 119 Å². The van der Waals surface area contributed by atoms with E-state index < -0.39 is 5.92 Å². The van der Waals surface area contributed by atoms with Gasteiger partial charge in [-0.1, -0.05) is 58.4 Å². The zero-order chi connectivity index (χ0) is 13.4. The zero-order valence-corrected chi connectivity index (χ0v) is 11.7. The van der Waals surface area contributed by atoms with Crippen molar-refractivity contribution < 1.29 is 9.59 Å². The van der Waals surface area contributed by atoms with Crippen LogP contribution < -0.4 is 0 Å². The number of hydrogen-bond donors (Lipinski definition) is 0. The molecule has 1 aliphatic rings. The van der Waals surface area contributed by atoms with E-state index in [0.717, 1.165) is 10.0 Å². The zero-order valence-electron chi connectivity index (χ0n) is 10.1. The summed E-state index contributed by atoms with van der Waals surface area (Å²) < 4.78 is 0.904. The first kappa shape index (κ1) is 12.3. The van der Waals surface area contributed by atoms with Crippen LogP contribution in [0.4, 0.5) is 0 Å². The molecule has 0 fully saturated rings. The molecule has 2 aromatic rings. The Balaban J connectivity index is 1.97. The van der Waals surface area contributed by atoms with E-state index in [-0.39, 0.29) is 11.6 Å². The monoisotopic (exact) mass is 314 g/mol. The van der Waals surface area contributed by atoms with Crippen LogP contribution in [0.1, 0.15) is 26.3 Å². The number of fused-ring (bicyclic) bond motifs is 1. The van der Waals surface area contributed by atoms with Gasteiger partial charge >= 0.3 is 0 Å². The SMILES string of the molecule is O=C(c1ccccc1)C1Cc2c(Br)cccc2C1=O. The fourth-order valence-electron chi connectivity index (χ4n) is 2.50. The molecule has 94 valence electrons. The summed E-state index contributed by atoms with van der Waals surface area (Å²) >= 11 is 3.44. The van der Waals surface area contributed by atoms with E-state index in [1.165, 1.54) is 0 Å². The van der Waals surface area contributed by atoms with Crippen LogP contribution in [-0.4, -0.2) is 11.6 Å². The van der Waals surface area contributed by atoms with Crippen molar-refractivity contribution in [1.29, 1.82) is 0 Å². The van der Waals surface area contributed by atoms with Gasteiger partial charge in [-0.2, -0.15) is 0 Å². The summed E-state index contributed by atoms with van der Waals surface area (Å²) in [6.45, 7) is 0. The lowest BCUT2D eigenvalue weighted by Gasteiger charge is -2.06. The molecule has 0 spiro atoms. The maximum absolute atomic E-state index is 12.4. The molecule has 0 amide bonds. The van der Waals surface area contributed by atoms with Gasteiger partial charge in [0.05, 0.1) is 5.92 Å². The molecule has 2 nitrogen and oxygen atoms in total. The van der Waals surface area contributed by atoms with Gasteiger partial charge in [-0.05, 0) is 18.1 Å². The molecule has 0 bridgehead atoms. The fraction of sp³-hybridized carbons (Fsp3) is 0.125. The van der Waals surface area contributed by atoms with Crippen molar-refractivity contribution in [1.82, 2.24) is 0 Å². The molecule has 1 aliphatic carbocycles. The molecule has 0 aliphatic heterocycles. The lowest BCUT2D eigenvalue weighted by molar-refractivity contribution is 0.0822. The van der Waals surface area contributed by atoms with Crippen LogP contribution in [0.15, 0.2) is 53.0 Å². The van der Waals surface area contributed by atoms with Crippen LogP contribution in [0.5, 0.6) is 0 Å². The lowest BCUT2D eigenvalue weighted by atomic mass is 9.94. The van der Waals surface area contributed by atoms with Gasteiger partial charge in [-0.3, -0.25) is 9.59 Å². The van der Waals surface area contributed by atoms with E-state index in [4.69, 9.17) is 0 Å². The average Bonchev–Trinajstić information content (AvgIpc) is 2.78. The smallest absolute Gasteiger partial charge is 0.174 e. The molecule has 0 saturated heterocycles. The first-order valence-corrected chi connectivity index (χ1v) is 6.88.